The van der Waals surface area contributed by atoms with E-state index in [1.807, 2.05) is 0 Å². The van der Waals surface area contributed by atoms with Gasteiger partial charge in [-0.15, -0.1) is 0 Å². The lowest BCUT2D eigenvalue weighted by molar-refractivity contribution is 0.0600. The molecule has 1 aromatic carbocycles. The van der Waals surface area contributed by atoms with Gasteiger partial charge in [-0.25, -0.2) is 4.79 Å². The van der Waals surface area contributed by atoms with Crippen molar-refractivity contribution in [3.8, 4) is 0 Å². The van der Waals surface area contributed by atoms with E-state index in [0.29, 0.717) is 16.1 Å². The number of carbonyl (C=O) groups excluding carboxylic acids is 1. The Hall–Kier alpha value is -2.55. The van der Waals surface area contributed by atoms with Crippen LogP contribution in [-0.4, -0.2) is 27.8 Å². The van der Waals surface area contributed by atoms with Crippen LogP contribution in [0.5, 0.6) is 0 Å². The first-order valence-electron chi connectivity index (χ1n) is 5.75. The zero-order valence-corrected chi connectivity index (χ0v) is 12.1. The molecule has 21 heavy (non-hydrogen) atoms. The van der Waals surface area contributed by atoms with Gasteiger partial charge in [-0.1, -0.05) is 0 Å². The van der Waals surface area contributed by atoms with Gasteiger partial charge in [0, 0.05) is 17.6 Å². The number of nitrogen functional groups attached to an aromatic ring is 1. The van der Waals surface area contributed by atoms with Crippen LogP contribution in [0, 0.1) is 0 Å². The summed E-state index contributed by atoms with van der Waals surface area (Å²) in [6.07, 6.45) is 0. The molecule has 0 saturated carbocycles. The predicted octanol–water partition coefficient (Wildman–Crippen LogP) is -0.0114. The maximum absolute atomic E-state index is 11.5. The van der Waals surface area contributed by atoms with Crippen molar-refractivity contribution in [3.63, 3.8) is 0 Å². The van der Waals surface area contributed by atoms with E-state index in [2.05, 4.69) is 14.8 Å². The number of methoxy groups -OCH3 is 1. The lowest BCUT2D eigenvalue weighted by Gasteiger charge is -2.09. The van der Waals surface area contributed by atoms with Gasteiger partial charge < -0.3 is 10.5 Å². The Morgan fingerprint density at radius 3 is 2.81 bits per heavy atom. The topological polar surface area (TPSA) is 120 Å². The molecule has 0 unspecified atom stereocenters. The number of H-pyrrole nitrogens is 1. The quantitative estimate of drug-likeness (QED) is 0.465. The molecule has 0 aliphatic rings. The van der Waals surface area contributed by atoms with Gasteiger partial charge in [-0.05, 0) is 30.0 Å². The number of ether oxygens (including phenoxy) is 1. The molecular weight excluding hydrogens is 296 g/mol. The number of rotatable bonds is 3. The molecule has 0 radical (unpaired) electrons. The maximum atomic E-state index is 11.5. The van der Waals surface area contributed by atoms with Gasteiger partial charge in [0.15, 0.2) is 5.16 Å². The van der Waals surface area contributed by atoms with Crippen LogP contribution in [0.25, 0.3) is 0 Å². The molecule has 110 valence electrons. The minimum Gasteiger partial charge on any atom is -0.465 e. The zero-order valence-electron chi connectivity index (χ0n) is 11.2. The van der Waals surface area contributed by atoms with Gasteiger partial charge in [-0.2, -0.15) is 4.98 Å². The second-order valence-corrected chi connectivity index (χ2v) is 5.05. The molecule has 8 nitrogen and oxygen atoms in total. The average Bonchev–Trinajstić information content (AvgIpc) is 2.46. The molecule has 1 heterocycles. The third-order valence-corrected chi connectivity index (χ3v) is 3.70. The van der Waals surface area contributed by atoms with Gasteiger partial charge in [-0.3, -0.25) is 19.4 Å². The van der Waals surface area contributed by atoms with Gasteiger partial charge in [0.05, 0.1) is 12.7 Å². The van der Waals surface area contributed by atoms with E-state index in [1.54, 1.807) is 6.07 Å². The standard InChI is InChI=1S/C12H12N4O4S/c1-16-12(14-9(17)10(18)15-16)21-8-5-6(11(19)20-2)3-4-7(8)13/h3-5H,13H2,1-2H3,(H,15,18). The molecule has 0 aliphatic heterocycles. The van der Waals surface area contributed by atoms with Crippen molar-refractivity contribution >= 4 is 23.4 Å². The van der Waals surface area contributed by atoms with Crippen molar-refractivity contribution in [3.05, 3.63) is 44.5 Å². The third-order valence-electron chi connectivity index (χ3n) is 2.58. The van der Waals surface area contributed by atoms with E-state index < -0.39 is 17.1 Å². The highest BCUT2D eigenvalue weighted by molar-refractivity contribution is 7.99. The lowest BCUT2D eigenvalue weighted by Crippen LogP contribution is -2.33. The molecule has 0 aliphatic carbocycles. The first-order valence-corrected chi connectivity index (χ1v) is 6.57. The fourth-order valence-electron chi connectivity index (χ4n) is 1.52. The van der Waals surface area contributed by atoms with Crippen LogP contribution in [0.4, 0.5) is 5.69 Å². The summed E-state index contributed by atoms with van der Waals surface area (Å²) >= 11 is 1.05. The Bertz CT molecular complexity index is 812. The van der Waals surface area contributed by atoms with Crippen LogP contribution in [-0.2, 0) is 11.8 Å². The molecule has 0 fully saturated rings. The van der Waals surface area contributed by atoms with Crippen molar-refractivity contribution in [1.29, 1.82) is 0 Å². The van der Waals surface area contributed by atoms with Crippen molar-refractivity contribution in [1.82, 2.24) is 14.8 Å². The number of esters is 1. The highest BCUT2D eigenvalue weighted by atomic mass is 32.2. The largest absolute Gasteiger partial charge is 0.465 e. The highest BCUT2D eigenvalue weighted by Gasteiger charge is 2.12. The van der Waals surface area contributed by atoms with Crippen molar-refractivity contribution < 1.29 is 9.53 Å². The summed E-state index contributed by atoms with van der Waals surface area (Å²) in [6.45, 7) is 0. The molecule has 0 saturated heterocycles. The van der Waals surface area contributed by atoms with Crippen LogP contribution in [0.2, 0.25) is 0 Å². The van der Waals surface area contributed by atoms with Gasteiger partial charge >= 0.3 is 17.1 Å². The number of aryl methyl sites for hydroxylation is 1. The Labute approximate surface area is 122 Å². The number of nitrogens with two attached hydrogens (primary N) is 1. The summed E-state index contributed by atoms with van der Waals surface area (Å²) in [6, 6.07) is 4.62. The summed E-state index contributed by atoms with van der Waals surface area (Å²) in [7, 11) is 2.81. The molecule has 0 spiro atoms. The number of aromatic amines is 1. The molecule has 0 bridgehead atoms. The number of aromatic nitrogens is 3. The molecule has 3 N–H and O–H groups in total. The maximum Gasteiger partial charge on any atom is 0.339 e. The monoisotopic (exact) mass is 308 g/mol. The Kier molecular flexibility index (Phi) is 4.13. The summed E-state index contributed by atoms with van der Waals surface area (Å²) in [4.78, 5) is 38.1. The van der Waals surface area contributed by atoms with Crippen molar-refractivity contribution in [2.75, 3.05) is 12.8 Å². The van der Waals surface area contributed by atoms with Gasteiger partial charge in [0.1, 0.15) is 0 Å². The minimum absolute atomic E-state index is 0.244. The van der Waals surface area contributed by atoms with Crippen LogP contribution in [0.15, 0.2) is 37.8 Å². The van der Waals surface area contributed by atoms with Crippen LogP contribution < -0.4 is 16.9 Å². The van der Waals surface area contributed by atoms with Crippen molar-refractivity contribution in [2.45, 2.75) is 10.1 Å². The van der Waals surface area contributed by atoms with Crippen LogP contribution in [0.3, 0.4) is 0 Å². The number of carbonyl (C=O) groups is 1. The molecule has 0 atom stereocenters. The first-order chi connectivity index (χ1) is 9.92. The van der Waals surface area contributed by atoms with E-state index in [-0.39, 0.29) is 5.16 Å². The SMILES string of the molecule is COC(=O)c1ccc(N)c(Sc2nc(=O)c(=O)[nH]n2C)c1. The molecule has 2 aromatic rings. The van der Waals surface area contributed by atoms with E-state index in [1.165, 1.54) is 31.0 Å². The Balaban J connectivity index is 2.44. The summed E-state index contributed by atoms with van der Waals surface area (Å²) in [5.74, 6) is -0.500. The summed E-state index contributed by atoms with van der Waals surface area (Å²) in [5.41, 5.74) is 4.87. The first kappa shape index (κ1) is 14.9. The number of hydrogen-bond donors (Lipinski definition) is 2. The van der Waals surface area contributed by atoms with E-state index in [9.17, 15) is 14.4 Å². The smallest absolute Gasteiger partial charge is 0.339 e. The van der Waals surface area contributed by atoms with E-state index in [0.717, 1.165) is 11.8 Å². The Morgan fingerprint density at radius 2 is 2.14 bits per heavy atom. The fraction of sp³-hybridized carbons (Fsp3) is 0.167. The third kappa shape index (κ3) is 3.14. The zero-order chi connectivity index (χ0) is 15.6. The number of nitrogens with zero attached hydrogens (tertiary/aromatic N) is 2. The van der Waals surface area contributed by atoms with Crippen LogP contribution in [0.1, 0.15) is 10.4 Å². The predicted molar refractivity (Wildman–Crippen MR) is 76.4 cm³/mol. The Morgan fingerprint density at radius 1 is 1.43 bits per heavy atom. The molecule has 9 heteroatoms. The summed E-state index contributed by atoms with van der Waals surface area (Å²) < 4.78 is 5.94. The number of nitrogens with one attached hydrogen (secondary N) is 1. The molecule has 0 amide bonds. The molecular formula is C12H12N4O4S. The average molecular weight is 308 g/mol. The molecule has 2 rings (SSSR count). The number of benzene rings is 1. The van der Waals surface area contributed by atoms with Crippen LogP contribution >= 0.6 is 11.8 Å². The second-order valence-electron chi connectivity index (χ2n) is 4.05. The van der Waals surface area contributed by atoms with E-state index >= 15 is 0 Å². The van der Waals surface area contributed by atoms with E-state index in [4.69, 9.17) is 5.73 Å². The fourth-order valence-corrected chi connectivity index (χ4v) is 2.40. The normalized spacial score (nSPS) is 10.4. The number of anilines is 1. The second kappa shape index (κ2) is 5.83. The number of hydrogen-bond acceptors (Lipinski definition) is 7. The highest BCUT2D eigenvalue weighted by Crippen LogP contribution is 2.30. The lowest BCUT2D eigenvalue weighted by atomic mass is 10.2. The van der Waals surface area contributed by atoms with Gasteiger partial charge in [0.2, 0.25) is 0 Å². The van der Waals surface area contributed by atoms with Crippen molar-refractivity contribution in [2.24, 2.45) is 7.05 Å². The summed E-state index contributed by atoms with van der Waals surface area (Å²) in [5, 5.41) is 2.57. The molecule has 1 aromatic heterocycles. The van der Waals surface area contributed by atoms with Gasteiger partial charge in [0.25, 0.3) is 0 Å². The minimum atomic E-state index is -0.890.